The Balaban J connectivity index is 2.51. The van der Waals surface area contributed by atoms with Crippen molar-refractivity contribution in [3.63, 3.8) is 0 Å². The van der Waals surface area contributed by atoms with Crippen LogP contribution in [-0.2, 0) is 6.18 Å². The zero-order valence-corrected chi connectivity index (χ0v) is 9.66. The Morgan fingerprint density at radius 2 is 1.95 bits per heavy atom. The van der Waals surface area contributed by atoms with E-state index in [2.05, 4.69) is 9.94 Å². The number of alkyl halides is 3. The van der Waals surface area contributed by atoms with Gasteiger partial charge in [0, 0.05) is 5.69 Å². The molecule has 0 aliphatic heterocycles. The van der Waals surface area contributed by atoms with E-state index in [0.717, 1.165) is 16.8 Å². The third-order valence-electron chi connectivity index (χ3n) is 2.47. The molecule has 7 heteroatoms. The molecule has 1 aromatic heterocycles. The van der Waals surface area contributed by atoms with Crippen LogP contribution in [0.1, 0.15) is 11.4 Å². The molecule has 0 aliphatic rings. The van der Waals surface area contributed by atoms with Gasteiger partial charge in [0.2, 0.25) is 5.69 Å². The summed E-state index contributed by atoms with van der Waals surface area (Å²) in [6, 6.07) is 4.40. The molecular weight excluding hydrogens is 262 g/mol. The van der Waals surface area contributed by atoms with Crippen molar-refractivity contribution in [2.45, 2.75) is 13.1 Å². The normalized spacial score (nSPS) is 11.4. The number of benzene rings is 1. The Labute approximate surface area is 105 Å². The molecule has 2 aromatic rings. The minimum Gasteiger partial charge on any atom is -0.238 e. The number of rotatable bonds is 1. The lowest BCUT2D eigenvalue weighted by atomic mass is 10.2. The molecule has 0 fully saturated rings. The monoisotopic (exact) mass is 269 g/mol. The van der Waals surface area contributed by atoms with Crippen LogP contribution in [0.2, 0.25) is 0 Å². The average molecular weight is 269 g/mol. The predicted molar refractivity (Wildman–Crippen MR) is 59.5 cm³/mol. The van der Waals surface area contributed by atoms with Crippen LogP contribution in [0.25, 0.3) is 10.5 Å². The van der Waals surface area contributed by atoms with Crippen molar-refractivity contribution in [3.8, 4) is 5.69 Å². The number of hydrogen-bond acceptors (Lipinski definition) is 1. The third-order valence-corrected chi connectivity index (χ3v) is 2.47. The molecule has 0 aliphatic carbocycles. The van der Waals surface area contributed by atoms with Crippen molar-refractivity contribution in [2.75, 3.05) is 0 Å². The molecule has 0 N–H and O–H groups in total. The first-order valence-corrected chi connectivity index (χ1v) is 5.14. The van der Waals surface area contributed by atoms with Gasteiger partial charge in [-0.3, -0.25) is 0 Å². The van der Waals surface area contributed by atoms with Crippen molar-refractivity contribution in [1.82, 2.24) is 9.78 Å². The fourth-order valence-corrected chi connectivity index (χ4v) is 1.59. The molecule has 98 valence electrons. The van der Waals surface area contributed by atoms with Crippen LogP contribution in [0.4, 0.5) is 23.2 Å². The Bertz CT molecular complexity index is 665. The smallest absolute Gasteiger partial charge is 0.238 e. The molecule has 0 amide bonds. The maximum atomic E-state index is 13.4. The van der Waals surface area contributed by atoms with Gasteiger partial charge in [0.1, 0.15) is 5.82 Å². The maximum Gasteiger partial charge on any atom is 0.435 e. The lowest BCUT2D eigenvalue weighted by molar-refractivity contribution is -0.141. The van der Waals surface area contributed by atoms with E-state index < -0.39 is 17.7 Å². The van der Waals surface area contributed by atoms with Crippen LogP contribution >= 0.6 is 0 Å². The van der Waals surface area contributed by atoms with Crippen molar-refractivity contribution >= 4 is 5.69 Å². The molecule has 0 atom stereocenters. The maximum absolute atomic E-state index is 13.4. The van der Waals surface area contributed by atoms with Crippen LogP contribution in [0.5, 0.6) is 0 Å². The molecule has 2 rings (SSSR count). The van der Waals surface area contributed by atoms with Crippen molar-refractivity contribution in [2.24, 2.45) is 0 Å². The summed E-state index contributed by atoms with van der Waals surface area (Å²) in [5.41, 5.74) is -0.871. The van der Waals surface area contributed by atoms with E-state index in [9.17, 15) is 17.6 Å². The predicted octanol–water partition coefficient (Wildman–Crippen LogP) is 3.89. The van der Waals surface area contributed by atoms with Gasteiger partial charge < -0.3 is 0 Å². The summed E-state index contributed by atoms with van der Waals surface area (Å²) >= 11 is 0. The number of hydrogen-bond donors (Lipinski definition) is 0. The molecular formula is C12H7F4N3. The summed E-state index contributed by atoms with van der Waals surface area (Å²) < 4.78 is 51.9. The van der Waals surface area contributed by atoms with Crippen LogP contribution in [0.15, 0.2) is 24.3 Å². The standard InChI is InChI=1S/C12H7F4N3/c1-7-5-11(12(14,15)16)18-19(7)8-3-4-10(17-2)9(13)6-8/h3-6H,1H3. The van der Waals surface area contributed by atoms with E-state index in [1.165, 1.54) is 19.1 Å². The van der Waals surface area contributed by atoms with Crippen molar-refractivity contribution < 1.29 is 17.6 Å². The zero-order chi connectivity index (χ0) is 14.2. The van der Waals surface area contributed by atoms with Gasteiger partial charge in [-0.15, -0.1) is 0 Å². The quantitative estimate of drug-likeness (QED) is 0.568. The molecule has 0 saturated heterocycles. The molecule has 19 heavy (non-hydrogen) atoms. The summed E-state index contributed by atoms with van der Waals surface area (Å²) in [6.45, 7) is 8.14. The number of nitrogens with zero attached hydrogens (tertiary/aromatic N) is 3. The largest absolute Gasteiger partial charge is 0.435 e. The van der Waals surface area contributed by atoms with Gasteiger partial charge in [-0.05, 0) is 25.1 Å². The van der Waals surface area contributed by atoms with Crippen LogP contribution in [-0.4, -0.2) is 9.78 Å². The lowest BCUT2D eigenvalue weighted by Crippen LogP contribution is -2.07. The van der Waals surface area contributed by atoms with E-state index >= 15 is 0 Å². The molecule has 3 nitrogen and oxygen atoms in total. The highest BCUT2D eigenvalue weighted by Crippen LogP contribution is 2.30. The van der Waals surface area contributed by atoms with Gasteiger partial charge in [0.05, 0.1) is 12.3 Å². The number of halogens is 4. The SMILES string of the molecule is [C-]#[N+]c1ccc(-n2nc(C(F)(F)F)cc2C)cc1F. The van der Waals surface area contributed by atoms with Crippen LogP contribution < -0.4 is 0 Å². The lowest BCUT2D eigenvalue weighted by Gasteiger charge is -2.05. The van der Waals surface area contributed by atoms with Crippen LogP contribution in [0, 0.1) is 19.3 Å². The Morgan fingerprint density at radius 3 is 2.42 bits per heavy atom. The summed E-state index contributed by atoms with van der Waals surface area (Å²) in [6.07, 6.45) is -4.55. The molecule has 0 saturated carbocycles. The summed E-state index contributed by atoms with van der Waals surface area (Å²) in [5, 5.41) is 3.40. The van der Waals surface area contributed by atoms with Crippen molar-refractivity contribution in [3.05, 3.63) is 52.9 Å². The first kappa shape index (κ1) is 13.1. The molecule has 0 radical (unpaired) electrons. The second kappa shape index (κ2) is 4.39. The second-order valence-electron chi connectivity index (χ2n) is 3.83. The van der Waals surface area contributed by atoms with E-state index in [0.29, 0.717) is 0 Å². The van der Waals surface area contributed by atoms with Gasteiger partial charge in [-0.2, -0.15) is 18.3 Å². The molecule has 0 bridgehead atoms. The van der Waals surface area contributed by atoms with Gasteiger partial charge in [-0.1, -0.05) is 6.07 Å². The summed E-state index contributed by atoms with van der Waals surface area (Å²) in [7, 11) is 0. The molecule has 0 unspecified atom stereocenters. The Hall–Kier alpha value is -2.36. The molecule has 1 heterocycles. The van der Waals surface area contributed by atoms with Crippen LogP contribution in [0.3, 0.4) is 0 Å². The van der Waals surface area contributed by atoms with Gasteiger partial charge >= 0.3 is 6.18 Å². The third kappa shape index (κ3) is 2.42. The first-order chi connectivity index (χ1) is 8.82. The van der Waals surface area contributed by atoms with E-state index in [1.807, 2.05) is 0 Å². The molecule has 1 aromatic carbocycles. The van der Waals surface area contributed by atoms with E-state index in [-0.39, 0.29) is 17.1 Å². The number of aromatic nitrogens is 2. The van der Waals surface area contributed by atoms with E-state index in [1.54, 1.807) is 0 Å². The minimum absolute atomic E-state index is 0.137. The summed E-state index contributed by atoms with van der Waals surface area (Å²) in [5.74, 6) is -0.795. The highest BCUT2D eigenvalue weighted by molar-refractivity contribution is 5.51. The van der Waals surface area contributed by atoms with Gasteiger partial charge in [0.25, 0.3) is 0 Å². The van der Waals surface area contributed by atoms with Crippen molar-refractivity contribution in [1.29, 1.82) is 0 Å². The highest BCUT2D eigenvalue weighted by Gasteiger charge is 2.34. The zero-order valence-electron chi connectivity index (χ0n) is 9.66. The fourth-order valence-electron chi connectivity index (χ4n) is 1.59. The van der Waals surface area contributed by atoms with Gasteiger partial charge in [-0.25, -0.2) is 13.9 Å². The average Bonchev–Trinajstić information content (AvgIpc) is 2.71. The summed E-state index contributed by atoms with van der Waals surface area (Å²) in [4.78, 5) is 2.94. The molecule has 0 spiro atoms. The first-order valence-electron chi connectivity index (χ1n) is 5.14. The topological polar surface area (TPSA) is 22.2 Å². The van der Waals surface area contributed by atoms with E-state index in [4.69, 9.17) is 6.57 Å². The Morgan fingerprint density at radius 1 is 1.26 bits per heavy atom. The fraction of sp³-hybridized carbons (Fsp3) is 0.167. The highest BCUT2D eigenvalue weighted by atomic mass is 19.4. The Kier molecular flexibility index (Phi) is 3.02. The second-order valence-corrected chi connectivity index (χ2v) is 3.83. The number of aryl methyl sites for hydroxylation is 1. The minimum atomic E-state index is -4.55. The van der Waals surface area contributed by atoms with Gasteiger partial charge in [0.15, 0.2) is 5.69 Å².